The number of piperazine rings is 1. The van der Waals surface area contributed by atoms with Gasteiger partial charge in [-0.3, -0.25) is 19.2 Å². The van der Waals surface area contributed by atoms with Crippen molar-refractivity contribution in [3.63, 3.8) is 0 Å². The monoisotopic (exact) mass is 528 g/mol. The molecule has 3 fully saturated rings. The van der Waals surface area contributed by atoms with Crippen LogP contribution in [0.3, 0.4) is 0 Å². The molecule has 3 aliphatic heterocycles. The Morgan fingerprint density at radius 1 is 1.08 bits per heavy atom. The zero-order valence-electron chi connectivity index (χ0n) is 21.9. The van der Waals surface area contributed by atoms with Crippen molar-refractivity contribution in [2.45, 2.75) is 38.9 Å². The van der Waals surface area contributed by atoms with Crippen LogP contribution in [0.25, 0.3) is 0 Å². The van der Waals surface area contributed by atoms with E-state index in [1.54, 1.807) is 16.6 Å². The molecule has 0 spiro atoms. The number of para-hydroxylation sites is 1. The Kier molecular flexibility index (Phi) is 6.78. The van der Waals surface area contributed by atoms with Gasteiger partial charge in [-0.2, -0.15) is 5.10 Å². The van der Waals surface area contributed by atoms with Crippen molar-refractivity contribution >= 4 is 27.5 Å². The largest absolute Gasteiger partial charge is 0.369 e. The molecular weight excluding hydrogens is 492 g/mol. The number of amides is 2. The van der Waals surface area contributed by atoms with Crippen LogP contribution in [0.4, 0.5) is 5.69 Å². The maximum atomic E-state index is 13.7. The highest BCUT2D eigenvalue weighted by molar-refractivity contribution is 7.88. The van der Waals surface area contributed by atoms with Crippen molar-refractivity contribution in [2.24, 2.45) is 18.9 Å². The van der Waals surface area contributed by atoms with Gasteiger partial charge in [0.2, 0.25) is 15.9 Å². The van der Waals surface area contributed by atoms with Crippen LogP contribution in [-0.4, -0.2) is 95.2 Å². The second-order valence-electron chi connectivity index (χ2n) is 10.8. The van der Waals surface area contributed by atoms with E-state index in [0.717, 1.165) is 42.4 Å². The predicted molar refractivity (Wildman–Crippen MR) is 140 cm³/mol. The average Bonchev–Trinajstić information content (AvgIpc) is 3.50. The lowest BCUT2D eigenvalue weighted by atomic mass is 9.88. The van der Waals surface area contributed by atoms with E-state index in [9.17, 15) is 18.0 Å². The Morgan fingerprint density at radius 3 is 2.38 bits per heavy atom. The maximum Gasteiger partial charge on any atom is 0.272 e. The fourth-order valence-electron chi connectivity index (χ4n) is 6.25. The molecule has 200 valence electrons. The molecule has 2 aromatic rings. The molecule has 0 radical (unpaired) electrons. The first-order valence-electron chi connectivity index (χ1n) is 13.0. The minimum atomic E-state index is -3.71. The van der Waals surface area contributed by atoms with Crippen LogP contribution >= 0.6 is 0 Å². The molecule has 1 aromatic carbocycles. The molecule has 3 saturated heterocycles. The van der Waals surface area contributed by atoms with Crippen molar-refractivity contribution in [2.75, 3.05) is 43.9 Å². The summed E-state index contributed by atoms with van der Waals surface area (Å²) >= 11 is 0. The molecule has 0 bridgehead atoms. The SMILES string of the molecule is CC(C)[C@H]1C(=O)N(S(C)(=O)=O)[C@H]2CCN(C(=O)c3cc(CN4CCN(c5ccccc5)CC4)nn3C)[C@H]12. The van der Waals surface area contributed by atoms with Crippen LogP contribution in [0.5, 0.6) is 0 Å². The summed E-state index contributed by atoms with van der Waals surface area (Å²) in [5.41, 5.74) is 2.53. The lowest BCUT2D eigenvalue weighted by Crippen LogP contribution is -2.46. The van der Waals surface area contributed by atoms with E-state index in [0.29, 0.717) is 25.2 Å². The number of nitrogens with zero attached hydrogens (tertiary/aromatic N) is 6. The number of sulfonamides is 1. The number of aryl methyl sites for hydroxylation is 1. The van der Waals surface area contributed by atoms with E-state index in [1.165, 1.54) is 5.69 Å². The second kappa shape index (κ2) is 9.75. The molecule has 11 heteroatoms. The lowest BCUT2D eigenvalue weighted by molar-refractivity contribution is -0.129. The summed E-state index contributed by atoms with van der Waals surface area (Å²) in [4.78, 5) is 33.2. The van der Waals surface area contributed by atoms with E-state index in [-0.39, 0.29) is 11.8 Å². The molecule has 0 N–H and O–H groups in total. The maximum absolute atomic E-state index is 13.7. The molecule has 3 aliphatic rings. The number of fused-ring (bicyclic) bond motifs is 1. The Bertz CT molecular complexity index is 1270. The topological polar surface area (TPSA) is 99.1 Å². The quantitative estimate of drug-likeness (QED) is 0.559. The summed E-state index contributed by atoms with van der Waals surface area (Å²) in [6.45, 7) is 8.57. The molecule has 3 atom stereocenters. The predicted octanol–water partition coefficient (Wildman–Crippen LogP) is 1.40. The summed E-state index contributed by atoms with van der Waals surface area (Å²) in [5, 5.41) is 4.62. The molecule has 5 rings (SSSR count). The third kappa shape index (κ3) is 4.74. The van der Waals surface area contributed by atoms with Gasteiger partial charge in [0.25, 0.3) is 5.91 Å². The number of likely N-dealkylation sites (tertiary alicyclic amines) is 1. The third-order valence-corrected chi connectivity index (χ3v) is 9.12. The molecule has 0 saturated carbocycles. The van der Waals surface area contributed by atoms with E-state index >= 15 is 0 Å². The number of hydrogen-bond donors (Lipinski definition) is 0. The normalized spacial score (nSPS) is 24.8. The molecule has 2 amide bonds. The highest BCUT2D eigenvalue weighted by Crippen LogP contribution is 2.41. The summed E-state index contributed by atoms with van der Waals surface area (Å²) < 4.78 is 27.5. The van der Waals surface area contributed by atoms with E-state index in [4.69, 9.17) is 0 Å². The first kappa shape index (κ1) is 25.7. The first-order valence-corrected chi connectivity index (χ1v) is 14.8. The van der Waals surface area contributed by atoms with Gasteiger partial charge in [-0.1, -0.05) is 32.0 Å². The zero-order chi connectivity index (χ0) is 26.5. The Labute approximate surface area is 218 Å². The fraction of sp³-hybridized carbons (Fsp3) is 0.577. The van der Waals surface area contributed by atoms with Crippen molar-refractivity contribution in [1.29, 1.82) is 0 Å². The van der Waals surface area contributed by atoms with Crippen LogP contribution in [0, 0.1) is 11.8 Å². The van der Waals surface area contributed by atoms with E-state index < -0.39 is 33.9 Å². The van der Waals surface area contributed by atoms with Gasteiger partial charge in [0, 0.05) is 52.0 Å². The number of carbonyl (C=O) groups excluding carboxylic acids is 2. The van der Waals surface area contributed by atoms with Crippen LogP contribution in [-0.2, 0) is 28.4 Å². The standard InChI is InChI=1S/C26H36N6O4S/c1-18(2)23-24-21(32(26(23)34)37(4,35)36)10-11-31(24)25(33)22-16-19(27-28(22)3)17-29-12-14-30(15-13-29)20-8-6-5-7-9-20/h5-9,16,18,21,23-24H,10-15,17H2,1-4H3/t21-,23+,24-/m0/s1. The molecule has 37 heavy (non-hydrogen) atoms. The molecule has 0 aliphatic carbocycles. The summed E-state index contributed by atoms with van der Waals surface area (Å²) in [5.74, 6) is -1.22. The van der Waals surface area contributed by atoms with Gasteiger partial charge in [-0.05, 0) is 30.5 Å². The van der Waals surface area contributed by atoms with Gasteiger partial charge in [-0.15, -0.1) is 0 Å². The lowest BCUT2D eigenvalue weighted by Gasteiger charge is -2.35. The summed E-state index contributed by atoms with van der Waals surface area (Å²) in [6, 6.07) is 11.3. The Morgan fingerprint density at radius 2 is 1.76 bits per heavy atom. The van der Waals surface area contributed by atoms with Gasteiger partial charge in [0.15, 0.2) is 0 Å². The highest BCUT2D eigenvalue weighted by atomic mass is 32.2. The number of anilines is 1. The number of aromatic nitrogens is 2. The van der Waals surface area contributed by atoms with Gasteiger partial charge in [0.05, 0.1) is 30.0 Å². The molecule has 4 heterocycles. The van der Waals surface area contributed by atoms with Crippen molar-refractivity contribution in [1.82, 2.24) is 23.9 Å². The molecule has 10 nitrogen and oxygen atoms in total. The fourth-order valence-corrected chi connectivity index (χ4v) is 7.42. The molecular formula is C26H36N6O4S. The average molecular weight is 529 g/mol. The number of hydrogen-bond acceptors (Lipinski definition) is 7. The van der Waals surface area contributed by atoms with Crippen LogP contribution in [0.15, 0.2) is 36.4 Å². The minimum absolute atomic E-state index is 0.0863. The van der Waals surface area contributed by atoms with Gasteiger partial charge in [-0.25, -0.2) is 12.7 Å². The third-order valence-electron chi connectivity index (χ3n) is 7.96. The zero-order valence-corrected chi connectivity index (χ0v) is 22.8. The first-order chi connectivity index (χ1) is 17.6. The minimum Gasteiger partial charge on any atom is -0.369 e. The smallest absolute Gasteiger partial charge is 0.272 e. The van der Waals surface area contributed by atoms with E-state index in [1.807, 2.05) is 26.0 Å². The van der Waals surface area contributed by atoms with Gasteiger partial charge >= 0.3 is 0 Å². The Hall–Kier alpha value is -2.92. The highest BCUT2D eigenvalue weighted by Gasteiger charge is 2.58. The van der Waals surface area contributed by atoms with Crippen molar-refractivity contribution < 1.29 is 18.0 Å². The second-order valence-corrected chi connectivity index (χ2v) is 12.6. The van der Waals surface area contributed by atoms with Gasteiger partial charge in [0.1, 0.15) is 5.69 Å². The van der Waals surface area contributed by atoms with Gasteiger partial charge < -0.3 is 9.80 Å². The number of benzene rings is 1. The Balaban J connectivity index is 1.29. The van der Waals surface area contributed by atoms with E-state index in [2.05, 4.69) is 39.2 Å². The number of carbonyl (C=O) groups is 2. The van der Waals surface area contributed by atoms with Crippen LogP contribution < -0.4 is 4.90 Å². The number of rotatable bonds is 6. The van der Waals surface area contributed by atoms with Crippen molar-refractivity contribution in [3.8, 4) is 0 Å². The molecule has 0 unspecified atom stereocenters. The summed E-state index contributed by atoms with van der Waals surface area (Å²) in [6.07, 6.45) is 1.52. The van der Waals surface area contributed by atoms with Crippen molar-refractivity contribution in [3.05, 3.63) is 47.8 Å². The molecule has 1 aromatic heterocycles. The van der Waals surface area contributed by atoms with Crippen LogP contribution in [0.2, 0.25) is 0 Å². The van der Waals surface area contributed by atoms with Crippen LogP contribution in [0.1, 0.15) is 36.5 Å². The summed E-state index contributed by atoms with van der Waals surface area (Å²) in [7, 11) is -1.94.